The van der Waals surface area contributed by atoms with Crippen LogP contribution in [0.3, 0.4) is 0 Å². The first kappa shape index (κ1) is 67.0. The summed E-state index contributed by atoms with van der Waals surface area (Å²) in [6.45, 7) is 4.10. The Balaban J connectivity index is 3.53. The maximum Gasteiger partial charge on any atom is 0.249 e. The Hall–Kier alpha value is -0.950. The first-order valence-corrected chi connectivity index (χ1v) is 31.1. The highest BCUT2D eigenvalue weighted by Gasteiger charge is 2.28. The van der Waals surface area contributed by atoms with Crippen LogP contribution in [0.2, 0.25) is 0 Å². The normalized spacial score (nSPS) is 13.7. The van der Waals surface area contributed by atoms with Crippen molar-refractivity contribution in [3.05, 3.63) is 12.2 Å². The Morgan fingerprint density at radius 1 is 0.353 bits per heavy atom. The van der Waals surface area contributed by atoms with Gasteiger partial charge in [0.05, 0.1) is 18.8 Å². The van der Waals surface area contributed by atoms with Gasteiger partial charge in [0.2, 0.25) is 5.91 Å². The molecule has 68 heavy (non-hydrogen) atoms. The van der Waals surface area contributed by atoms with Gasteiger partial charge in [-0.25, -0.2) is 0 Å². The van der Waals surface area contributed by atoms with Crippen molar-refractivity contribution in [2.24, 2.45) is 0 Å². The minimum absolute atomic E-state index is 0.374. The lowest BCUT2D eigenvalue weighted by Crippen LogP contribution is -2.53. The third kappa shape index (κ3) is 50.0. The van der Waals surface area contributed by atoms with Crippen molar-refractivity contribution >= 4 is 5.91 Å². The second-order valence-corrected chi connectivity index (χ2v) is 21.8. The molecule has 0 aromatic rings. The van der Waals surface area contributed by atoms with Crippen LogP contribution < -0.4 is 5.32 Å². The molecule has 0 saturated carbocycles. The maximum absolute atomic E-state index is 12.6. The van der Waals surface area contributed by atoms with Crippen molar-refractivity contribution in [1.29, 1.82) is 0 Å². The second kappa shape index (κ2) is 57.0. The summed E-state index contributed by atoms with van der Waals surface area (Å²) in [5.41, 5.74) is 0. The summed E-state index contributed by atoms with van der Waals surface area (Å²) in [6, 6.07) is -0.983. The van der Waals surface area contributed by atoms with Gasteiger partial charge in [0.15, 0.2) is 0 Å². The van der Waals surface area contributed by atoms with Gasteiger partial charge in [-0.2, -0.15) is 0 Å². The van der Waals surface area contributed by atoms with Crippen LogP contribution >= 0.6 is 0 Å². The minimum Gasteiger partial charge on any atom is -0.394 e. The molecule has 0 aliphatic rings. The molecule has 0 spiro atoms. The molecule has 6 heteroatoms. The van der Waals surface area contributed by atoms with Crippen molar-refractivity contribution < 1.29 is 25.2 Å². The molecule has 0 aromatic heterocycles. The van der Waals surface area contributed by atoms with Crippen LogP contribution in [0.4, 0.5) is 0 Å². The standard InChI is InChI=1S/C62H123NO5/c1-3-5-7-9-11-13-15-17-19-21-23-24-25-26-27-28-29-30-31-32-33-34-35-36-37-38-40-42-44-46-48-50-52-54-56-60(66)62(68)63-58(57-64)61(67)59(65)55-53-51-49-47-45-43-41-39-22-20-18-16-14-12-10-8-6-4-2/h28-29,58-61,64-67H,3-27,30-57H2,1-2H3,(H,63,68)/b29-28-. The number of amides is 1. The number of allylic oxidation sites excluding steroid dienone is 2. The van der Waals surface area contributed by atoms with Gasteiger partial charge in [-0.1, -0.05) is 321 Å². The molecule has 4 unspecified atom stereocenters. The van der Waals surface area contributed by atoms with Crippen molar-refractivity contribution in [2.75, 3.05) is 6.61 Å². The Labute approximate surface area is 425 Å². The van der Waals surface area contributed by atoms with E-state index in [9.17, 15) is 25.2 Å². The zero-order valence-corrected chi connectivity index (χ0v) is 46.1. The van der Waals surface area contributed by atoms with Crippen molar-refractivity contribution in [3.8, 4) is 0 Å². The molecule has 5 N–H and O–H groups in total. The minimum atomic E-state index is -1.26. The summed E-state index contributed by atoms with van der Waals surface area (Å²) in [4.78, 5) is 12.6. The molecular formula is C62H123NO5. The van der Waals surface area contributed by atoms with E-state index < -0.39 is 36.9 Å². The van der Waals surface area contributed by atoms with Crippen LogP contribution in [-0.2, 0) is 4.79 Å². The van der Waals surface area contributed by atoms with Gasteiger partial charge < -0.3 is 25.7 Å². The molecular weight excluding hydrogens is 839 g/mol. The first-order valence-electron chi connectivity index (χ1n) is 31.1. The lowest BCUT2D eigenvalue weighted by molar-refractivity contribution is -0.132. The molecule has 0 rings (SSSR count). The summed E-state index contributed by atoms with van der Waals surface area (Å²) < 4.78 is 0. The zero-order valence-electron chi connectivity index (χ0n) is 46.1. The summed E-state index contributed by atoms with van der Waals surface area (Å²) >= 11 is 0. The van der Waals surface area contributed by atoms with Gasteiger partial charge in [0, 0.05) is 0 Å². The molecule has 0 fully saturated rings. The van der Waals surface area contributed by atoms with Crippen LogP contribution in [-0.4, -0.2) is 57.3 Å². The van der Waals surface area contributed by atoms with E-state index in [1.54, 1.807) is 0 Å². The molecule has 6 nitrogen and oxygen atoms in total. The fraction of sp³-hybridized carbons (Fsp3) is 0.952. The third-order valence-electron chi connectivity index (χ3n) is 15.0. The van der Waals surface area contributed by atoms with Crippen LogP contribution in [0.1, 0.15) is 348 Å². The molecule has 4 atom stereocenters. The van der Waals surface area contributed by atoms with Crippen molar-refractivity contribution in [2.45, 2.75) is 372 Å². The number of aliphatic hydroxyl groups is 4. The molecule has 0 radical (unpaired) electrons. The average molecular weight is 963 g/mol. The van der Waals surface area contributed by atoms with Gasteiger partial charge in [-0.3, -0.25) is 4.79 Å². The number of hydrogen-bond donors (Lipinski definition) is 5. The summed E-state index contributed by atoms with van der Waals surface area (Å²) in [6.07, 6.45) is 68.8. The summed E-state index contributed by atoms with van der Waals surface area (Å²) in [7, 11) is 0. The number of unbranched alkanes of at least 4 members (excludes halogenated alkanes) is 47. The fourth-order valence-corrected chi connectivity index (χ4v) is 10.1. The van der Waals surface area contributed by atoms with Crippen molar-refractivity contribution in [1.82, 2.24) is 5.32 Å². The van der Waals surface area contributed by atoms with Crippen LogP contribution in [0, 0.1) is 0 Å². The van der Waals surface area contributed by atoms with E-state index in [1.807, 2.05) is 0 Å². The number of nitrogens with one attached hydrogen (secondary N) is 1. The zero-order chi connectivity index (χ0) is 49.5. The molecule has 0 aliphatic heterocycles. The maximum atomic E-state index is 12.6. The van der Waals surface area contributed by atoms with E-state index >= 15 is 0 Å². The van der Waals surface area contributed by atoms with Gasteiger partial charge in [-0.15, -0.1) is 0 Å². The first-order chi connectivity index (χ1) is 33.5. The van der Waals surface area contributed by atoms with Gasteiger partial charge in [0.25, 0.3) is 0 Å². The number of aliphatic hydroxyl groups excluding tert-OH is 4. The number of rotatable bonds is 58. The molecule has 406 valence electrons. The number of carbonyl (C=O) groups excluding carboxylic acids is 1. The molecule has 1 amide bonds. The molecule has 0 aromatic carbocycles. The Morgan fingerprint density at radius 3 is 0.853 bits per heavy atom. The fourth-order valence-electron chi connectivity index (χ4n) is 10.1. The van der Waals surface area contributed by atoms with E-state index in [1.165, 1.54) is 283 Å². The predicted molar refractivity (Wildman–Crippen MR) is 298 cm³/mol. The SMILES string of the molecule is CCCCCCCCCCCCCCCC/C=C\CCCCCCCCCCCCCCCCCCC(O)C(=O)NC(CO)C(O)C(O)CCCCCCCCCCCCCCCCCCCC. The van der Waals surface area contributed by atoms with E-state index in [0.29, 0.717) is 12.8 Å². The van der Waals surface area contributed by atoms with E-state index in [4.69, 9.17) is 0 Å². The third-order valence-corrected chi connectivity index (χ3v) is 15.0. The lowest BCUT2D eigenvalue weighted by atomic mass is 9.99. The second-order valence-electron chi connectivity index (χ2n) is 21.8. The summed E-state index contributed by atoms with van der Waals surface area (Å²) in [5, 5.41) is 44.1. The lowest BCUT2D eigenvalue weighted by Gasteiger charge is -2.27. The predicted octanol–water partition coefficient (Wildman–Crippen LogP) is 18.4. The number of hydrogen-bond acceptors (Lipinski definition) is 5. The van der Waals surface area contributed by atoms with E-state index in [0.717, 1.165) is 38.5 Å². The Morgan fingerprint density at radius 2 is 0.588 bits per heavy atom. The molecule has 0 aliphatic carbocycles. The van der Waals surface area contributed by atoms with Crippen molar-refractivity contribution in [3.63, 3.8) is 0 Å². The molecule has 0 saturated heterocycles. The topological polar surface area (TPSA) is 110 Å². The molecule has 0 bridgehead atoms. The van der Waals surface area contributed by atoms with Gasteiger partial charge in [-0.05, 0) is 38.5 Å². The van der Waals surface area contributed by atoms with Crippen LogP contribution in [0.15, 0.2) is 12.2 Å². The molecule has 0 heterocycles. The van der Waals surface area contributed by atoms with Gasteiger partial charge >= 0.3 is 0 Å². The summed E-state index contributed by atoms with van der Waals surface area (Å²) in [5.74, 6) is -0.577. The van der Waals surface area contributed by atoms with E-state index in [-0.39, 0.29) is 0 Å². The largest absolute Gasteiger partial charge is 0.394 e. The number of carbonyl (C=O) groups is 1. The Kier molecular flexibility index (Phi) is 56.2. The quantitative estimate of drug-likeness (QED) is 0.0308. The average Bonchev–Trinajstić information content (AvgIpc) is 3.34. The highest BCUT2D eigenvalue weighted by Crippen LogP contribution is 2.19. The highest BCUT2D eigenvalue weighted by atomic mass is 16.3. The van der Waals surface area contributed by atoms with Crippen LogP contribution in [0.25, 0.3) is 0 Å². The smallest absolute Gasteiger partial charge is 0.249 e. The Bertz CT molecular complexity index is 990. The van der Waals surface area contributed by atoms with Gasteiger partial charge in [0.1, 0.15) is 12.2 Å². The van der Waals surface area contributed by atoms with Crippen LogP contribution in [0.5, 0.6) is 0 Å². The highest BCUT2D eigenvalue weighted by molar-refractivity contribution is 5.80. The van der Waals surface area contributed by atoms with E-state index in [2.05, 4.69) is 31.3 Å². The monoisotopic (exact) mass is 962 g/mol.